The zero-order valence-corrected chi connectivity index (χ0v) is 13.2. The van der Waals surface area contributed by atoms with E-state index in [1.807, 2.05) is 6.92 Å². The van der Waals surface area contributed by atoms with E-state index < -0.39 is 15.2 Å². The number of ether oxygens (including phenoxy) is 2. The minimum atomic E-state index is -3.79. The molecule has 0 saturated heterocycles. The van der Waals surface area contributed by atoms with Crippen LogP contribution in [-0.2, 0) is 25.0 Å². The zero-order valence-electron chi connectivity index (χ0n) is 11.6. The number of hydrogen-bond acceptors (Lipinski definition) is 5. The molecule has 1 amide bonds. The molecule has 2 rings (SSSR count). The molecule has 116 valence electrons. The van der Waals surface area contributed by atoms with Gasteiger partial charge in [0, 0.05) is 30.3 Å². The Kier molecular flexibility index (Phi) is 4.75. The number of halogens is 1. The van der Waals surface area contributed by atoms with Crippen LogP contribution in [0.3, 0.4) is 0 Å². The number of rotatable bonds is 5. The summed E-state index contributed by atoms with van der Waals surface area (Å²) in [5.74, 6) is 0.240. The topological polar surface area (TPSA) is 81.7 Å². The Labute approximate surface area is 127 Å². The lowest BCUT2D eigenvalue weighted by Gasteiger charge is -2.16. The molecule has 6 nitrogen and oxygen atoms in total. The van der Waals surface area contributed by atoms with E-state index in [4.69, 9.17) is 20.2 Å². The Hall–Kier alpha value is -1.31. The lowest BCUT2D eigenvalue weighted by Crippen LogP contribution is -2.43. The van der Waals surface area contributed by atoms with Gasteiger partial charge in [-0.25, -0.2) is 8.42 Å². The van der Waals surface area contributed by atoms with Gasteiger partial charge in [0.25, 0.3) is 15.0 Å². The van der Waals surface area contributed by atoms with Crippen molar-refractivity contribution in [2.45, 2.75) is 30.4 Å². The third-order valence-electron chi connectivity index (χ3n) is 3.09. The summed E-state index contributed by atoms with van der Waals surface area (Å²) in [6.07, 6.45) is -0.367. The number of amides is 1. The Morgan fingerprint density at radius 3 is 2.90 bits per heavy atom. The molecule has 1 aromatic carbocycles. The number of methoxy groups -OCH3 is 1. The third-order valence-corrected chi connectivity index (χ3v) is 4.44. The largest absolute Gasteiger partial charge is 0.480 e. The molecular weight excluding hydrogens is 318 g/mol. The molecule has 0 aliphatic carbocycles. The van der Waals surface area contributed by atoms with E-state index >= 15 is 0 Å². The van der Waals surface area contributed by atoms with Crippen LogP contribution in [0.5, 0.6) is 5.75 Å². The first-order valence-corrected chi connectivity index (χ1v) is 8.65. The summed E-state index contributed by atoms with van der Waals surface area (Å²) in [5, 5.41) is 2.77. The summed E-state index contributed by atoms with van der Waals surface area (Å²) >= 11 is 0. The normalized spacial score (nSPS) is 18.7. The molecule has 0 saturated carbocycles. The van der Waals surface area contributed by atoms with Crippen molar-refractivity contribution in [2.75, 3.05) is 13.7 Å². The lowest BCUT2D eigenvalue weighted by molar-refractivity contribution is -0.128. The summed E-state index contributed by atoms with van der Waals surface area (Å²) in [7, 11) is 3.07. The monoisotopic (exact) mass is 333 g/mol. The summed E-state index contributed by atoms with van der Waals surface area (Å²) in [5.41, 5.74) is 0.649. The maximum atomic E-state index is 12.0. The number of fused-ring (bicyclic) bond motifs is 1. The summed E-state index contributed by atoms with van der Waals surface area (Å²) < 4.78 is 33.1. The maximum Gasteiger partial charge on any atom is 0.261 e. The van der Waals surface area contributed by atoms with Crippen LogP contribution >= 0.6 is 10.7 Å². The molecule has 1 N–H and O–H groups in total. The smallest absolute Gasteiger partial charge is 0.261 e. The Morgan fingerprint density at radius 2 is 2.29 bits per heavy atom. The molecule has 21 heavy (non-hydrogen) atoms. The van der Waals surface area contributed by atoms with Crippen LogP contribution in [0.1, 0.15) is 12.5 Å². The van der Waals surface area contributed by atoms with E-state index in [0.29, 0.717) is 24.3 Å². The van der Waals surface area contributed by atoms with Crippen molar-refractivity contribution in [3.05, 3.63) is 23.8 Å². The van der Waals surface area contributed by atoms with Gasteiger partial charge in [-0.05, 0) is 30.7 Å². The average Bonchev–Trinajstić information content (AvgIpc) is 2.80. The molecule has 0 radical (unpaired) electrons. The van der Waals surface area contributed by atoms with Crippen molar-refractivity contribution in [3.63, 3.8) is 0 Å². The van der Waals surface area contributed by atoms with Crippen LogP contribution in [0.25, 0.3) is 0 Å². The molecule has 2 unspecified atom stereocenters. The maximum absolute atomic E-state index is 12.0. The van der Waals surface area contributed by atoms with Crippen LogP contribution in [0, 0.1) is 0 Å². The molecule has 8 heteroatoms. The molecule has 0 aromatic heterocycles. The van der Waals surface area contributed by atoms with Gasteiger partial charge < -0.3 is 14.8 Å². The number of carbonyl (C=O) groups excluding carboxylic acids is 1. The summed E-state index contributed by atoms with van der Waals surface area (Å²) in [6.45, 7) is 2.22. The highest BCUT2D eigenvalue weighted by atomic mass is 35.7. The molecule has 0 spiro atoms. The van der Waals surface area contributed by atoms with Gasteiger partial charge in [0.05, 0.1) is 11.5 Å². The van der Waals surface area contributed by atoms with Crippen LogP contribution in [0.4, 0.5) is 0 Å². The molecule has 0 bridgehead atoms. The molecule has 1 aliphatic rings. The predicted molar refractivity (Wildman–Crippen MR) is 77.1 cm³/mol. The van der Waals surface area contributed by atoms with Crippen molar-refractivity contribution < 1.29 is 22.7 Å². The van der Waals surface area contributed by atoms with Crippen LogP contribution in [0.2, 0.25) is 0 Å². The van der Waals surface area contributed by atoms with E-state index in [1.165, 1.54) is 18.2 Å². The van der Waals surface area contributed by atoms with Gasteiger partial charge in [0.15, 0.2) is 6.10 Å². The van der Waals surface area contributed by atoms with Crippen molar-refractivity contribution >= 4 is 25.6 Å². The van der Waals surface area contributed by atoms with E-state index in [9.17, 15) is 13.2 Å². The molecule has 1 heterocycles. The van der Waals surface area contributed by atoms with Crippen LogP contribution in [-0.4, -0.2) is 40.2 Å². The Morgan fingerprint density at radius 1 is 1.57 bits per heavy atom. The molecule has 2 atom stereocenters. The van der Waals surface area contributed by atoms with E-state index in [1.54, 1.807) is 7.11 Å². The molecule has 0 fully saturated rings. The van der Waals surface area contributed by atoms with Crippen molar-refractivity contribution in [3.8, 4) is 5.75 Å². The van der Waals surface area contributed by atoms with E-state index in [0.717, 1.165) is 0 Å². The molecule has 1 aromatic rings. The highest BCUT2D eigenvalue weighted by Gasteiger charge is 2.30. The van der Waals surface area contributed by atoms with Gasteiger partial charge in [-0.3, -0.25) is 4.79 Å². The minimum absolute atomic E-state index is 0.000302. The first-order valence-electron chi connectivity index (χ1n) is 6.35. The van der Waals surface area contributed by atoms with Crippen molar-refractivity contribution in [1.82, 2.24) is 5.32 Å². The second-order valence-electron chi connectivity index (χ2n) is 4.88. The second kappa shape index (κ2) is 6.21. The van der Waals surface area contributed by atoms with Gasteiger partial charge in [-0.1, -0.05) is 0 Å². The first kappa shape index (κ1) is 16.1. The number of carbonyl (C=O) groups is 1. The van der Waals surface area contributed by atoms with Gasteiger partial charge in [-0.2, -0.15) is 0 Å². The van der Waals surface area contributed by atoms with Crippen LogP contribution in [0.15, 0.2) is 23.1 Å². The number of benzene rings is 1. The third kappa shape index (κ3) is 3.87. The fourth-order valence-electron chi connectivity index (χ4n) is 2.15. The van der Waals surface area contributed by atoms with E-state index in [-0.39, 0.29) is 16.8 Å². The fraction of sp³-hybridized carbons (Fsp3) is 0.462. The van der Waals surface area contributed by atoms with Gasteiger partial charge in [-0.15, -0.1) is 0 Å². The fourth-order valence-corrected chi connectivity index (χ4v) is 2.95. The predicted octanol–water partition coefficient (Wildman–Crippen LogP) is 1.07. The SMILES string of the molecule is COCC(C)NC(=O)C1Cc2cc(S(=O)(=O)Cl)ccc2O1. The average molecular weight is 334 g/mol. The standard InChI is InChI=1S/C13H16ClNO5S/c1-8(7-19-2)15-13(16)12-6-9-5-10(21(14,17)18)3-4-11(9)20-12/h3-5,8,12H,6-7H2,1-2H3,(H,15,16). The number of hydrogen-bond donors (Lipinski definition) is 1. The molecular formula is C13H16ClNO5S. The highest BCUT2D eigenvalue weighted by molar-refractivity contribution is 8.13. The first-order chi connectivity index (χ1) is 9.81. The zero-order chi connectivity index (χ0) is 15.6. The van der Waals surface area contributed by atoms with Gasteiger partial charge in [0.2, 0.25) is 0 Å². The molecule has 1 aliphatic heterocycles. The van der Waals surface area contributed by atoms with Crippen molar-refractivity contribution in [1.29, 1.82) is 0 Å². The Balaban J connectivity index is 2.07. The van der Waals surface area contributed by atoms with Crippen LogP contribution < -0.4 is 10.1 Å². The Bertz CT molecular complexity index is 646. The summed E-state index contributed by atoms with van der Waals surface area (Å²) in [6, 6.07) is 4.17. The summed E-state index contributed by atoms with van der Waals surface area (Å²) in [4.78, 5) is 12.0. The van der Waals surface area contributed by atoms with Gasteiger partial charge in [0.1, 0.15) is 5.75 Å². The quantitative estimate of drug-likeness (QED) is 0.815. The van der Waals surface area contributed by atoms with Gasteiger partial charge >= 0.3 is 0 Å². The second-order valence-corrected chi connectivity index (χ2v) is 7.45. The highest BCUT2D eigenvalue weighted by Crippen LogP contribution is 2.31. The minimum Gasteiger partial charge on any atom is -0.480 e. The number of nitrogens with one attached hydrogen (secondary N) is 1. The van der Waals surface area contributed by atoms with Crippen molar-refractivity contribution in [2.24, 2.45) is 0 Å². The van der Waals surface area contributed by atoms with E-state index in [2.05, 4.69) is 5.32 Å². The lowest BCUT2D eigenvalue weighted by atomic mass is 10.1.